The summed E-state index contributed by atoms with van der Waals surface area (Å²) >= 11 is 5.98. The van der Waals surface area contributed by atoms with Gasteiger partial charge in [-0.3, -0.25) is 10.1 Å². The van der Waals surface area contributed by atoms with Crippen molar-refractivity contribution in [2.75, 3.05) is 31.5 Å². The Morgan fingerprint density at radius 3 is 2.56 bits per heavy atom. The highest BCUT2D eigenvalue weighted by atomic mass is 35.5. The van der Waals surface area contributed by atoms with Crippen molar-refractivity contribution in [3.05, 3.63) is 33.3 Å². The van der Waals surface area contributed by atoms with E-state index >= 15 is 0 Å². The van der Waals surface area contributed by atoms with Crippen LogP contribution < -0.4 is 5.32 Å². The summed E-state index contributed by atoms with van der Waals surface area (Å²) in [6.45, 7) is 7.92. The van der Waals surface area contributed by atoms with Crippen molar-refractivity contribution < 1.29 is 4.92 Å². The molecule has 0 aliphatic rings. The number of hydrogen-bond donors (Lipinski definition) is 1. The van der Waals surface area contributed by atoms with Crippen molar-refractivity contribution in [1.82, 2.24) is 4.90 Å². The number of nitro groups is 1. The number of halogens is 1. The number of benzene rings is 1. The largest absolute Gasteiger partial charge is 0.383 e. The Kier molecular flexibility index (Phi) is 5.88. The molecule has 1 N–H and O–H groups in total. The number of non-ortho nitro benzene ring substituents is 1. The van der Waals surface area contributed by atoms with Crippen LogP contribution in [0.5, 0.6) is 0 Å². The topological polar surface area (TPSA) is 58.4 Å². The van der Waals surface area contributed by atoms with Gasteiger partial charge in [0.1, 0.15) is 0 Å². The summed E-state index contributed by atoms with van der Waals surface area (Å²) in [6.07, 6.45) is 0. The van der Waals surface area contributed by atoms with Crippen molar-refractivity contribution in [3.8, 4) is 0 Å². The lowest BCUT2D eigenvalue weighted by Gasteiger charge is -2.18. The molecular formula is C12H18ClN3O2. The summed E-state index contributed by atoms with van der Waals surface area (Å²) in [5, 5.41) is 14.1. The molecule has 0 heterocycles. The monoisotopic (exact) mass is 271 g/mol. The average Bonchev–Trinajstić information content (AvgIpc) is 2.36. The molecular weight excluding hydrogens is 254 g/mol. The van der Waals surface area contributed by atoms with Crippen LogP contribution >= 0.6 is 11.6 Å². The van der Waals surface area contributed by atoms with Gasteiger partial charge in [0.15, 0.2) is 0 Å². The highest BCUT2D eigenvalue weighted by Gasteiger charge is 2.09. The van der Waals surface area contributed by atoms with E-state index in [0.717, 1.165) is 31.9 Å². The van der Waals surface area contributed by atoms with Crippen LogP contribution in [0.4, 0.5) is 11.4 Å². The lowest BCUT2D eigenvalue weighted by atomic mass is 10.3. The van der Waals surface area contributed by atoms with E-state index in [-0.39, 0.29) is 5.69 Å². The SMILES string of the molecule is CCN(CC)CCNc1ccc([N+](=O)[O-])cc1Cl. The maximum Gasteiger partial charge on any atom is 0.271 e. The predicted octanol–water partition coefficient (Wildman–Crippen LogP) is 3.00. The van der Waals surface area contributed by atoms with Crippen LogP contribution in [0.3, 0.4) is 0 Å². The van der Waals surface area contributed by atoms with Crippen LogP contribution in [-0.2, 0) is 0 Å². The van der Waals surface area contributed by atoms with Gasteiger partial charge in [0.2, 0.25) is 0 Å². The molecule has 0 unspecified atom stereocenters. The van der Waals surface area contributed by atoms with Crippen LogP contribution in [0, 0.1) is 10.1 Å². The molecule has 0 fully saturated rings. The second-order valence-corrected chi connectivity index (χ2v) is 4.28. The van der Waals surface area contributed by atoms with Gasteiger partial charge >= 0.3 is 0 Å². The summed E-state index contributed by atoms with van der Waals surface area (Å²) in [5.74, 6) is 0. The van der Waals surface area contributed by atoms with Gasteiger partial charge in [-0.25, -0.2) is 0 Å². The van der Waals surface area contributed by atoms with Crippen molar-refractivity contribution in [2.45, 2.75) is 13.8 Å². The fourth-order valence-corrected chi connectivity index (χ4v) is 1.89. The van der Waals surface area contributed by atoms with Crippen LogP contribution in [-0.4, -0.2) is 36.0 Å². The molecule has 0 aliphatic carbocycles. The van der Waals surface area contributed by atoms with Crippen LogP contribution in [0.1, 0.15) is 13.8 Å². The number of nitrogens with one attached hydrogen (secondary N) is 1. The lowest BCUT2D eigenvalue weighted by Crippen LogP contribution is -2.28. The molecule has 0 radical (unpaired) electrons. The molecule has 0 aromatic heterocycles. The first-order chi connectivity index (χ1) is 8.58. The second-order valence-electron chi connectivity index (χ2n) is 3.87. The summed E-state index contributed by atoms with van der Waals surface area (Å²) in [5.41, 5.74) is 0.740. The van der Waals surface area contributed by atoms with Crippen molar-refractivity contribution in [2.24, 2.45) is 0 Å². The van der Waals surface area contributed by atoms with Crippen LogP contribution in [0.2, 0.25) is 5.02 Å². The van der Waals surface area contributed by atoms with Gasteiger partial charge in [-0.2, -0.15) is 0 Å². The van der Waals surface area contributed by atoms with Gasteiger partial charge in [-0.1, -0.05) is 25.4 Å². The molecule has 1 aromatic rings. The lowest BCUT2D eigenvalue weighted by molar-refractivity contribution is -0.384. The fourth-order valence-electron chi connectivity index (χ4n) is 1.65. The Bertz CT molecular complexity index is 408. The maximum atomic E-state index is 10.6. The third-order valence-corrected chi connectivity index (χ3v) is 3.11. The number of anilines is 1. The summed E-state index contributed by atoms with van der Waals surface area (Å²) < 4.78 is 0. The Labute approximate surface area is 112 Å². The van der Waals surface area contributed by atoms with Gasteiger partial charge in [0, 0.05) is 25.2 Å². The molecule has 0 saturated carbocycles. The zero-order valence-corrected chi connectivity index (χ0v) is 11.4. The van der Waals surface area contributed by atoms with E-state index < -0.39 is 4.92 Å². The molecule has 0 saturated heterocycles. The van der Waals surface area contributed by atoms with Gasteiger partial charge in [0.05, 0.1) is 15.6 Å². The van der Waals surface area contributed by atoms with E-state index in [1.54, 1.807) is 6.07 Å². The number of likely N-dealkylation sites (N-methyl/N-ethyl adjacent to an activating group) is 1. The van der Waals surface area contributed by atoms with Gasteiger partial charge in [0.25, 0.3) is 5.69 Å². The molecule has 0 spiro atoms. The number of rotatable bonds is 7. The van der Waals surface area contributed by atoms with Crippen molar-refractivity contribution in [1.29, 1.82) is 0 Å². The number of hydrogen-bond acceptors (Lipinski definition) is 4. The minimum absolute atomic E-state index is 0.00860. The first kappa shape index (κ1) is 14.7. The smallest absolute Gasteiger partial charge is 0.271 e. The normalized spacial score (nSPS) is 10.7. The third kappa shape index (κ3) is 4.16. The van der Waals surface area contributed by atoms with Crippen LogP contribution in [0.25, 0.3) is 0 Å². The minimum atomic E-state index is -0.453. The molecule has 1 rings (SSSR count). The molecule has 100 valence electrons. The van der Waals surface area contributed by atoms with E-state index in [0.29, 0.717) is 5.02 Å². The summed E-state index contributed by atoms with van der Waals surface area (Å²) in [7, 11) is 0. The van der Waals surface area contributed by atoms with E-state index in [4.69, 9.17) is 11.6 Å². The summed E-state index contributed by atoms with van der Waals surface area (Å²) in [4.78, 5) is 12.4. The standard InChI is InChI=1S/C12H18ClN3O2/c1-3-15(4-2)8-7-14-12-6-5-10(16(17)18)9-11(12)13/h5-6,9,14H,3-4,7-8H2,1-2H3. The number of nitrogens with zero attached hydrogens (tertiary/aromatic N) is 2. The molecule has 0 bridgehead atoms. The van der Waals surface area contributed by atoms with E-state index in [2.05, 4.69) is 24.1 Å². The quantitative estimate of drug-likeness (QED) is 0.612. The third-order valence-electron chi connectivity index (χ3n) is 2.80. The molecule has 1 aromatic carbocycles. The zero-order chi connectivity index (χ0) is 13.5. The zero-order valence-electron chi connectivity index (χ0n) is 10.6. The summed E-state index contributed by atoms with van der Waals surface area (Å²) in [6, 6.07) is 4.45. The Morgan fingerprint density at radius 2 is 2.06 bits per heavy atom. The van der Waals surface area contributed by atoms with Gasteiger partial charge in [-0.15, -0.1) is 0 Å². The molecule has 18 heavy (non-hydrogen) atoms. The van der Waals surface area contributed by atoms with E-state index in [9.17, 15) is 10.1 Å². The predicted molar refractivity (Wildman–Crippen MR) is 74.4 cm³/mol. The van der Waals surface area contributed by atoms with Crippen molar-refractivity contribution >= 4 is 23.0 Å². The highest BCUT2D eigenvalue weighted by molar-refractivity contribution is 6.33. The van der Waals surface area contributed by atoms with Gasteiger partial charge in [-0.05, 0) is 19.2 Å². The molecule has 0 atom stereocenters. The molecule has 5 nitrogen and oxygen atoms in total. The molecule has 0 amide bonds. The first-order valence-electron chi connectivity index (χ1n) is 5.98. The Balaban J connectivity index is 2.55. The Hall–Kier alpha value is -1.33. The second kappa shape index (κ2) is 7.18. The first-order valence-corrected chi connectivity index (χ1v) is 6.36. The van der Waals surface area contributed by atoms with E-state index in [1.165, 1.54) is 12.1 Å². The van der Waals surface area contributed by atoms with Gasteiger partial charge < -0.3 is 10.2 Å². The van der Waals surface area contributed by atoms with E-state index in [1.807, 2.05) is 0 Å². The maximum absolute atomic E-state index is 10.6. The highest BCUT2D eigenvalue weighted by Crippen LogP contribution is 2.26. The van der Waals surface area contributed by atoms with Crippen LogP contribution in [0.15, 0.2) is 18.2 Å². The average molecular weight is 272 g/mol. The van der Waals surface area contributed by atoms with Crippen molar-refractivity contribution in [3.63, 3.8) is 0 Å². The minimum Gasteiger partial charge on any atom is -0.383 e. The molecule has 6 heteroatoms. The molecule has 0 aliphatic heterocycles. The Morgan fingerprint density at radius 1 is 1.39 bits per heavy atom. The fraction of sp³-hybridized carbons (Fsp3) is 0.500. The number of nitro benzene ring substituents is 1.